The highest BCUT2D eigenvalue weighted by Gasteiger charge is 2.31. The van der Waals surface area contributed by atoms with Crippen molar-refractivity contribution in [3.8, 4) is 0 Å². The van der Waals surface area contributed by atoms with E-state index in [0.717, 1.165) is 18.2 Å². The summed E-state index contributed by atoms with van der Waals surface area (Å²) in [4.78, 5) is 24.0. The van der Waals surface area contributed by atoms with Gasteiger partial charge in [0.25, 0.3) is 0 Å². The summed E-state index contributed by atoms with van der Waals surface area (Å²) >= 11 is 0. The molecule has 1 heterocycles. The number of fused-ring (bicyclic) bond motifs is 1. The van der Waals surface area contributed by atoms with Crippen molar-refractivity contribution in [2.24, 2.45) is 0 Å². The van der Waals surface area contributed by atoms with Gasteiger partial charge in [-0.1, -0.05) is 6.07 Å². The molecule has 0 saturated heterocycles. The molecule has 2 N–H and O–H groups in total. The number of hydrogen-bond acceptors (Lipinski definition) is 2. The Morgan fingerprint density at radius 3 is 2.61 bits per heavy atom. The number of rotatable bonds is 2. The Morgan fingerprint density at radius 2 is 1.87 bits per heavy atom. The van der Waals surface area contributed by atoms with Crippen LogP contribution in [-0.2, 0) is 9.59 Å². The van der Waals surface area contributed by atoms with Gasteiger partial charge in [-0.3, -0.25) is 9.59 Å². The van der Waals surface area contributed by atoms with E-state index in [2.05, 4.69) is 10.6 Å². The third-order valence-electron chi connectivity index (χ3n) is 3.56. The van der Waals surface area contributed by atoms with E-state index in [1.54, 1.807) is 0 Å². The fourth-order valence-corrected chi connectivity index (χ4v) is 2.47. The Labute approximate surface area is 129 Å². The molecule has 1 aliphatic rings. The van der Waals surface area contributed by atoms with Gasteiger partial charge in [0.2, 0.25) is 11.8 Å². The molecule has 23 heavy (non-hydrogen) atoms. The molecular weight excluding hydrogens is 309 g/mol. The molecule has 0 fully saturated rings. The van der Waals surface area contributed by atoms with E-state index in [-0.39, 0.29) is 17.8 Å². The number of benzene rings is 2. The summed E-state index contributed by atoms with van der Waals surface area (Å²) in [6.07, 6.45) is -0.117. The molecule has 2 aromatic rings. The standard InChI is InChI=1S/C16H11F3N2O2/c17-8-1-3-10-11(7-15(22)21-14(10)5-8)16(23)20-9-2-4-12(18)13(19)6-9/h1-6,11H,7H2,(H,20,23)(H,21,22)/t11-/m1/s1. The van der Waals surface area contributed by atoms with Gasteiger partial charge < -0.3 is 10.6 Å². The maximum Gasteiger partial charge on any atom is 0.232 e. The van der Waals surface area contributed by atoms with Crippen molar-refractivity contribution in [3.05, 3.63) is 59.4 Å². The molecule has 2 amide bonds. The highest BCUT2D eigenvalue weighted by atomic mass is 19.2. The largest absolute Gasteiger partial charge is 0.326 e. The summed E-state index contributed by atoms with van der Waals surface area (Å²) < 4.78 is 39.3. The molecule has 4 nitrogen and oxygen atoms in total. The molecule has 1 atom stereocenters. The van der Waals surface area contributed by atoms with Crippen LogP contribution in [0.2, 0.25) is 0 Å². The molecule has 0 saturated carbocycles. The number of hydrogen-bond donors (Lipinski definition) is 2. The molecule has 7 heteroatoms. The maximum atomic E-state index is 13.2. The Bertz CT molecular complexity index is 808. The average Bonchev–Trinajstić information content (AvgIpc) is 2.49. The molecule has 3 rings (SSSR count). The second-order valence-corrected chi connectivity index (χ2v) is 5.15. The first-order valence-electron chi connectivity index (χ1n) is 6.79. The molecule has 118 valence electrons. The molecule has 0 bridgehead atoms. The van der Waals surface area contributed by atoms with Crippen LogP contribution in [0.1, 0.15) is 17.9 Å². The fraction of sp³-hybridized carbons (Fsp3) is 0.125. The lowest BCUT2D eigenvalue weighted by Gasteiger charge is -2.24. The van der Waals surface area contributed by atoms with E-state index < -0.39 is 35.2 Å². The van der Waals surface area contributed by atoms with E-state index in [0.29, 0.717) is 5.56 Å². The van der Waals surface area contributed by atoms with Gasteiger partial charge >= 0.3 is 0 Å². The Kier molecular flexibility index (Phi) is 3.77. The first kappa shape index (κ1) is 15.1. The summed E-state index contributed by atoms with van der Waals surface area (Å²) in [5.41, 5.74) is 0.765. The molecule has 0 spiro atoms. The van der Waals surface area contributed by atoms with Gasteiger partial charge in [-0.05, 0) is 29.8 Å². The minimum absolute atomic E-state index is 0.0727. The van der Waals surface area contributed by atoms with Crippen LogP contribution in [0.25, 0.3) is 0 Å². The first-order chi connectivity index (χ1) is 10.9. The number of amides is 2. The van der Waals surface area contributed by atoms with E-state index >= 15 is 0 Å². The summed E-state index contributed by atoms with van der Waals surface area (Å²) in [6, 6.07) is 6.69. The van der Waals surface area contributed by atoms with Gasteiger partial charge in [0.05, 0.1) is 5.92 Å². The van der Waals surface area contributed by atoms with Crippen LogP contribution in [0.3, 0.4) is 0 Å². The minimum Gasteiger partial charge on any atom is -0.326 e. The van der Waals surface area contributed by atoms with Crippen LogP contribution in [0.4, 0.5) is 24.5 Å². The molecule has 0 aliphatic carbocycles. The van der Waals surface area contributed by atoms with Crippen molar-refractivity contribution in [1.82, 2.24) is 0 Å². The van der Waals surface area contributed by atoms with Crippen molar-refractivity contribution in [2.75, 3.05) is 10.6 Å². The van der Waals surface area contributed by atoms with Crippen LogP contribution < -0.4 is 10.6 Å². The molecule has 2 aromatic carbocycles. The van der Waals surface area contributed by atoms with E-state index in [1.165, 1.54) is 18.2 Å². The zero-order valence-electron chi connectivity index (χ0n) is 11.7. The topological polar surface area (TPSA) is 58.2 Å². The maximum absolute atomic E-state index is 13.2. The molecule has 0 unspecified atom stereocenters. The van der Waals surface area contributed by atoms with Crippen molar-refractivity contribution in [2.45, 2.75) is 12.3 Å². The number of carbonyl (C=O) groups excluding carboxylic acids is 2. The highest BCUT2D eigenvalue weighted by molar-refractivity contribution is 6.05. The van der Waals surface area contributed by atoms with Crippen LogP contribution in [-0.4, -0.2) is 11.8 Å². The Morgan fingerprint density at radius 1 is 1.09 bits per heavy atom. The van der Waals surface area contributed by atoms with Crippen molar-refractivity contribution < 1.29 is 22.8 Å². The predicted molar refractivity (Wildman–Crippen MR) is 77.4 cm³/mol. The highest BCUT2D eigenvalue weighted by Crippen LogP contribution is 2.33. The van der Waals surface area contributed by atoms with Gasteiger partial charge in [0, 0.05) is 23.9 Å². The lowest BCUT2D eigenvalue weighted by atomic mass is 9.89. The molecule has 0 aromatic heterocycles. The van der Waals surface area contributed by atoms with Crippen molar-refractivity contribution in [3.63, 3.8) is 0 Å². The fourth-order valence-electron chi connectivity index (χ4n) is 2.47. The summed E-state index contributed by atoms with van der Waals surface area (Å²) in [5.74, 6) is -4.47. The predicted octanol–water partition coefficient (Wildman–Crippen LogP) is 3.17. The van der Waals surface area contributed by atoms with E-state index in [4.69, 9.17) is 0 Å². The monoisotopic (exact) mass is 320 g/mol. The summed E-state index contributed by atoms with van der Waals surface area (Å²) in [5, 5.41) is 4.93. The lowest BCUT2D eigenvalue weighted by Crippen LogP contribution is -2.30. The van der Waals surface area contributed by atoms with Gasteiger partial charge in [0.15, 0.2) is 11.6 Å². The van der Waals surface area contributed by atoms with Crippen LogP contribution in [0, 0.1) is 17.5 Å². The van der Waals surface area contributed by atoms with E-state index in [1.807, 2.05) is 0 Å². The Hall–Kier alpha value is -2.83. The zero-order chi connectivity index (χ0) is 16.6. The smallest absolute Gasteiger partial charge is 0.232 e. The van der Waals surface area contributed by atoms with Crippen LogP contribution >= 0.6 is 0 Å². The zero-order valence-corrected chi connectivity index (χ0v) is 11.7. The number of halogens is 3. The average molecular weight is 320 g/mol. The van der Waals surface area contributed by atoms with Gasteiger partial charge in [-0.25, -0.2) is 13.2 Å². The third-order valence-corrected chi connectivity index (χ3v) is 3.56. The van der Waals surface area contributed by atoms with Gasteiger partial charge in [-0.15, -0.1) is 0 Å². The van der Waals surface area contributed by atoms with Crippen molar-refractivity contribution in [1.29, 1.82) is 0 Å². The quantitative estimate of drug-likeness (QED) is 0.893. The second-order valence-electron chi connectivity index (χ2n) is 5.15. The molecular formula is C16H11F3N2O2. The van der Waals surface area contributed by atoms with Crippen LogP contribution in [0.5, 0.6) is 0 Å². The first-order valence-corrected chi connectivity index (χ1v) is 6.79. The Balaban J connectivity index is 1.87. The molecule has 1 aliphatic heterocycles. The van der Waals surface area contributed by atoms with Gasteiger partial charge in [-0.2, -0.15) is 0 Å². The summed E-state index contributed by atoms with van der Waals surface area (Å²) in [7, 11) is 0. The minimum atomic E-state index is -1.09. The lowest BCUT2D eigenvalue weighted by molar-refractivity contribution is -0.123. The molecule has 0 radical (unpaired) electrons. The number of anilines is 2. The SMILES string of the molecule is O=C1C[C@@H](C(=O)Nc2ccc(F)c(F)c2)c2ccc(F)cc2N1. The van der Waals surface area contributed by atoms with Crippen LogP contribution in [0.15, 0.2) is 36.4 Å². The number of nitrogens with one attached hydrogen (secondary N) is 2. The summed E-state index contributed by atoms with van der Waals surface area (Å²) in [6.45, 7) is 0. The van der Waals surface area contributed by atoms with Crippen molar-refractivity contribution >= 4 is 23.2 Å². The number of carbonyl (C=O) groups is 2. The van der Waals surface area contributed by atoms with Gasteiger partial charge in [0.1, 0.15) is 5.82 Å². The van der Waals surface area contributed by atoms with E-state index in [9.17, 15) is 22.8 Å². The second kappa shape index (κ2) is 5.75. The normalized spacial score (nSPS) is 16.5. The third kappa shape index (κ3) is 3.03.